The minimum atomic E-state index is -1.13. The molecule has 3 amide bonds. The van der Waals surface area contributed by atoms with Crippen LogP contribution in [0.4, 0.5) is 10.5 Å². The number of carboxylic acid groups (broad SMARTS) is 1. The number of hydrogen-bond acceptors (Lipinski definition) is 6. The van der Waals surface area contributed by atoms with Crippen molar-refractivity contribution in [3.05, 3.63) is 64.1 Å². The molecule has 0 radical (unpaired) electrons. The molecule has 1 aliphatic heterocycles. The van der Waals surface area contributed by atoms with Gasteiger partial charge >= 0.3 is 5.97 Å². The van der Waals surface area contributed by atoms with Gasteiger partial charge in [-0.25, -0.2) is 4.79 Å². The Bertz CT molecular complexity index is 1070. The van der Waals surface area contributed by atoms with E-state index in [1.165, 1.54) is 6.08 Å². The third-order valence-electron chi connectivity index (χ3n) is 4.48. The van der Waals surface area contributed by atoms with Crippen LogP contribution in [-0.2, 0) is 14.4 Å². The van der Waals surface area contributed by atoms with Crippen LogP contribution in [0.1, 0.15) is 16.7 Å². The van der Waals surface area contributed by atoms with Gasteiger partial charge in [-0.3, -0.25) is 19.3 Å². The Morgan fingerprint density at radius 1 is 1.10 bits per heavy atom. The van der Waals surface area contributed by atoms with Crippen molar-refractivity contribution in [2.24, 2.45) is 0 Å². The lowest BCUT2D eigenvalue weighted by atomic mass is 10.1. The number of aryl methyl sites for hydroxylation is 2. The molecule has 2 N–H and O–H groups in total. The number of aliphatic carboxylic acids is 1. The lowest BCUT2D eigenvalue weighted by Crippen LogP contribution is -2.36. The van der Waals surface area contributed by atoms with Crippen LogP contribution in [0.25, 0.3) is 6.08 Å². The second-order valence-corrected chi connectivity index (χ2v) is 7.80. The van der Waals surface area contributed by atoms with Crippen LogP contribution in [0.3, 0.4) is 0 Å². The molecule has 3 rings (SSSR count). The molecular formula is C22H20N2O6S. The van der Waals surface area contributed by atoms with Gasteiger partial charge < -0.3 is 15.2 Å². The molecule has 1 aliphatic rings. The Labute approximate surface area is 182 Å². The SMILES string of the molecule is Cc1cccc(C)c1NC(=O)CN1C(=O)S/C(=C/c2ccccc2OCC(=O)O)C1=O. The maximum absolute atomic E-state index is 12.7. The average Bonchev–Trinajstić information content (AvgIpc) is 2.97. The number of nitrogens with one attached hydrogen (secondary N) is 1. The van der Waals surface area contributed by atoms with E-state index in [9.17, 15) is 19.2 Å². The Kier molecular flexibility index (Phi) is 6.76. The van der Waals surface area contributed by atoms with Crippen molar-refractivity contribution < 1.29 is 29.0 Å². The first-order chi connectivity index (χ1) is 14.8. The molecule has 0 bridgehead atoms. The number of carbonyl (C=O) groups is 4. The number of carbonyl (C=O) groups excluding carboxylic acids is 3. The zero-order valence-corrected chi connectivity index (χ0v) is 17.7. The molecule has 0 atom stereocenters. The number of rotatable bonds is 7. The fourth-order valence-electron chi connectivity index (χ4n) is 2.98. The Morgan fingerprint density at radius 3 is 2.45 bits per heavy atom. The molecular weight excluding hydrogens is 420 g/mol. The fourth-order valence-corrected chi connectivity index (χ4v) is 3.81. The van der Waals surface area contributed by atoms with E-state index < -0.39 is 36.2 Å². The Hall–Kier alpha value is -3.59. The number of imide groups is 1. The lowest BCUT2D eigenvalue weighted by Gasteiger charge is -2.15. The number of thioether (sulfide) groups is 1. The molecule has 9 heteroatoms. The molecule has 0 aliphatic carbocycles. The first-order valence-electron chi connectivity index (χ1n) is 9.31. The molecule has 1 heterocycles. The van der Waals surface area contributed by atoms with Crippen LogP contribution < -0.4 is 10.1 Å². The molecule has 0 unspecified atom stereocenters. The van der Waals surface area contributed by atoms with Gasteiger partial charge in [-0.1, -0.05) is 36.4 Å². The van der Waals surface area contributed by atoms with Crippen LogP contribution in [0, 0.1) is 13.8 Å². The van der Waals surface area contributed by atoms with E-state index in [0.29, 0.717) is 23.0 Å². The van der Waals surface area contributed by atoms with Crippen molar-refractivity contribution in [2.75, 3.05) is 18.5 Å². The highest BCUT2D eigenvalue weighted by Crippen LogP contribution is 2.34. The zero-order chi connectivity index (χ0) is 22.5. The lowest BCUT2D eigenvalue weighted by molar-refractivity contribution is -0.139. The predicted octanol–water partition coefficient (Wildman–Crippen LogP) is 3.44. The summed E-state index contributed by atoms with van der Waals surface area (Å²) in [6.07, 6.45) is 1.45. The highest BCUT2D eigenvalue weighted by molar-refractivity contribution is 8.18. The molecule has 2 aromatic carbocycles. The zero-order valence-electron chi connectivity index (χ0n) is 16.9. The van der Waals surface area contributed by atoms with E-state index in [0.717, 1.165) is 16.0 Å². The van der Waals surface area contributed by atoms with Crippen LogP contribution in [-0.4, -0.2) is 46.2 Å². The van der Waals surface area contributed by atoms with Gasteiger partial charge in [0, 0.05) is 11.3 Å². The standard InChI is InChI=1S/C22H20N2O6S/c1-13-6-5-7-14(2)20(13)23-18(25)11-24-21(28)17(31-22(24)29)10-15-8-3-4-9-16(15)30-12-19(26)27/h3-10H,11-12H2,1-2H3,(H,23,25)(H,26,27)/b17-10+. The van der Waals surface area contributed by atoms with Gasteiger partial charge in [0.25, 0.3) is 11.1 Å². The number of amides is 3. The second kappa shape index (κ2) is 9.48. The van der Waals surface area contributed by atoms with E-state index in [4.69, 9.17) is 9.84 Å². The van der Waals surface area contributed by atoms with Gasteiger partial charge in [0.2, 0.25) is 5.91 Å². The molecule has 31 heavy (non-hydrogen) atoms. The summed E-state index contributed by atoms with van der Waals surface area (Å²) in [7, 11) is 0. The third kappa shape index (κ3) is 5.32. The molecule has 0 saturated carbocycles. The van der Waals surface area contributed by atoms with Crippen molar-refractivity contribution >= 4 is 46.5 Å². The van der Waals surface area contributed by atoms with Gasteiger partial charge in [0.1, 0.15) is 12.3 Å². The van der Waals surface area contributed by atoms with Gasteiger partial charge in [-0.2, -0.15) is 0 Å². The van der Waals surface area contributed by atoms with E-state index in [1.54, 1.807) is 24.3 Å². The maximum atomic E-state index is 12.7. The number of hydrogen-bond donors (Lipinski definition) is 2. The summed E-state index contributed by atoms with van der Waals surface area (Å²) in [5.41, 5.74) is 2.86. The Morgan fingerprint density at radius 2 is 1.77 bits per heavy atom. The summed E-state index contributed by atoms with van der Waals surface area (Å²) in [6, 6.07) is 12.2. The van der Waals surface area contributed by atoms with Gasteiger partial charge in [-0.15, -0.1) is 0 Å². The van der Waals surface area contributed by atoms with Crippen molar-refractivity contribution in [1.82, 2.24) is 4.90 Å². The minimum absolute atomic E-state index is 0.122. The van der Waals surface area contributed by atoms with Crippen molar-refractivity contribution in [3.8, 4) is 5.75 Å². The first-order valence-corrected chi connectivity index (χ1v) is 10.1. The van der Waals surface area contributed by atoms with Crippen LogP contribution in [0.15, 0.2) is 47.4 Å². The predicted molar refractivity (Wildman–Crippen MR) is 117 cm³/mol. The molecule has 1 saturated heterocycles. The molecule has 0 spiro atoms. The van der Waals surface area contributed by atoms with Crippen molar-refractivity contribution in [2.45, 2.75) is 13.8 Å². The number of para-hydroxylation sites is 2. The highest BCUT2D eigenvalue weighted by atomic mass is 32.2. The second-order valence-electron chi connectivity index (χ2n) is 6.80. The molecule has 2 aromatic rings. The molecule has 0 aromatic heterocycles. The topological polar surface area (TPSA) is 113 Å². The Balaban J connectivity index is 1.74. The third-order valence-corrected chi connectivity index (χ3v) is 5.39. The average molecular weight is 440 g/mol. The van der Waals surface area contributed by atoms with Crippen LogP contribution in [0.5, 0.6) is 5.75 Å². The minimum Gasteiger partial charge on any atom is -0.481 e. The first kappa shape index (κ1) is 22.1. The smallest absolute Gasteiger partial charge is 0.341 e. The summed E-state index contributed by atoms with van der Waals surface area (Å²) in [5.74, 6) is -1.94. The number of nitrogens with zero attached hydrogens (tertiary/aromatic N) is 1. The number of benzene rings is 2. The summed E-state index contributed by atoms with van der Waals surface area (Å²) in [6.45, 7) is 2.77. The highest BCUT2D eigenvalue weighted by Gasteiger charge is 2.36. The maximum Gasteiger partial charge on any atom is 0.341 e. The quantitative estimate of drug-likeness (QED) is 0.634. The normalized spacial score (nSPS) is 14.8. The summed E-state index contributed by atoms with van der Waals surface area (Å²) in [4.78, 5) is 49.3. The largest absolute Gasteiger partial charge is 0.481 e. The van der Waals surface area contributed by atoms with E-state index in [2.05, 4.69) is 5.32 Å². The number of carboxylic acids is 1. The summed E-state index contributed by atoms with van der Waals surface area (Å²) in [5, 5.41) is 11.0. The van der Waals surface area contributed by atoms with Crippen LogP contribution in [0.2, 0.25) is 0 Å². The van der Waals surface area contributed by atoms with Crippen molar-refractivity contribution in [1.29, 1.82) is 0 Å². The van der Waals surface area contributed by atoms with Gasteiger partial charge in [0.05, 0.1) is 4.91 Å². The van der Waals surface area contributed by atoms with Gasteiger partial charge in [-0.05, 0) is 48.9 Å². The molecule has 1 fully saturated rings. The summed E-state index contributed by atoms with van der Waals surface area (Å²) < 4.78 is 5.22. The number of anilines is 1. The molecule has 8 nitrogen and oxygen atoms in total. The molecule has 160 valence electrons. The fraction of sp³-hybridized carbons (Fsp3) is 0.182. The van der Waals surface area contributed by atoms with E-state index in [-0.39, 0.29) is 10.7 Å². The van der Waals surface area contributed by atoms with Crippen molar-refractivity contribution in [3.63, 3.8) is 0 Å². The van der Waals surface area contributed by atoms with E-state index in [1.807, 2.05) is 32.0 Å². The van der Waals surface area contributed by atoms with E-state index >= 15 is 0 Å². The monoisotopic (exact) mass is 440 g/mol. The van der Waals surface area contributed by atoms with Crippen LogP contribution >= 0.6 is 11.8 Å². The summed E-state index contributed by atoms with van der Waals surface area (Å²) >= 11 is 0.711. The van der Waals surface area contributed by atoms with Gasteiger partial charge in [0.15, 0.2) is 6.61 Å². The number of ether oxygens (including phenoxy) is 1.